The molecule has 22 nitrogen and oxygen atoms in total. The minimum Gasteiger partial charge on any atom is -0.467 e. The highest BCUT2D eigenvalue weighted by atomic mass is 16.8. The molecule has 2 aliphatic heterocycles. The van der Waals surface area contributed by atoms with Gasteiger partial charge in [0.1, 0.15) is 54.7 Å². The molecule has 2 saturated heterocycles. The van der Waals surface area contributed by atoms with Gasteiger partial charge in [-0.05, 0) is 119 Å². The smallest absolute Gasteiger partial charge is 0.328 e. The van der Waals surface area contributed by atoms with Crippen LogP contribution in [0.4, 0.5) is 0 Å². The van der Waals surface area contributed by atoms with Crippen molar-refractivity contribution < 1.29 is 92.3 Å². The first-order valence-corrected chi connectivity index (χ1v) is 33.0. The lowest BCUT2D eigenvalue weighted by Crippen LogP contribution is -2.69. The Hall–Kier alpha value is -6.47. The standard InChI is InChI=1S/C72H95N3O19/c1-67(2)48-26-29-72(7)58(47(76)37-42-43-38-69(4,31-30-68(43,3)32-33-71(42,72)6)66(87)75-46(63(86)90-10)36-41-24-18-13-19-25-41)70(48,5)28-27-49(67)91-65-57(53(80)52(79)56(93-65)60(83)74-45(62(85)89-9)35-40-22-16-12-17-23-40)94-64-54(81)50(77)51(78)55(92-64)59(82)73-44(61(84)88-8)34-39-20-14-11-15-21-39/h11-25,37,43-46,48-58,64-65,77-81H,26-36,38H2,1-10H3,(H,73,82)(H,74,83)(H,75,87)/t43-,44-,45-,46-,48-,49-,50-,51-,52-,53-,54+,55-,56-,57+,58+,64-,65+,68+,69-,70-,71+,72+/m0/s1. The summed E-state index contributed by atoms with van der Waals surface area (Å²) in [7, 11) is 3.61. The van der Waals surface area contributed by atoms with Gasteiger partial charge in [-0.1, -0.05) is 145 Å². The molecule has 94 heavy (non-hydrogen) atoms. The molecule has 3 amide bonds. The van der Waals surface area contributed by atoms with Gasteiger partial charge in [0.15, 0.2) is 30.6 Å². The fourth-order valence-electron chi connectivity index (χ4n) is 17.8. The molecule has 6 fully saturated rings. The van der Waals surface area contributed by atoms with Gasteiger partial charge in [0.25, 0.3) is 11.8 Å². The maximum absolute atomic E-state index is 15.6. The number of fused-ring (bicyclic) bond motifs is 7. The summed E-state index contributed by atoms with van der Waals surface area (Å²) in [6.45, 7) is 15.1. The van der Waals surface area contributed by atoms with Crippen molar-refractivity contribution in [2.45, 2.75) is 211 Å². The molecule has 3 aromatic rings. The molecule has 10 rings (SSSR count). The summed E-state index contributed by atoms with van der Waals surface area (Å²) < 4.78 is 40.9. The van der Waals surface area contributed by atoms with Crippen LogP contribution in [0.2, 0.25) is 0 Å². The Labute approximate surface area is 549 Å². The predicted molar refractivity (Wildman–Crippen MR) is 339 cm³/mol. The average Bonchev–Trinajstić information content (AvgIpc) is 0.674. The summed E-state index contributed by atoms with van der Waals surface area (Å²) in [6.07, 6.45) is -13.2. The molecule has 0 unspecified atom stereocenters. The fourth-order valence-corrected chi connectivity index (χ4v) is 17.8. The maximum Gasteiger partial charge on any atom is 0.328 e. The van der Waals surface area contributed by atoms with Crippen LogP contribution in [0.15, 0.2) is 103 Å². The number of hydrogen-bond acceptors (Lipinski definition) is 19. The Morgan fingerprint density at radius 3 is 1.51 bits per heavy atom. The Balaban J connectivity index is 0.920. The van der Waals surface area contributed by atoms with Crippen molar-refractivity contribution in [1.82, 2.24) is 16.0 Å². The first-order valence-electron chi connectivity index (χ1n) is 33.0. The Bertz CT molecular complexity index is 3300. The van der Waals surface area contributed by atoms with Gasteiger partial charge < -0.3 is 74.6 Å². The zero-order chi connectivity index (χ0) is 68.0. The SMILES string of the molecule is COC(=O)[C@H](Cc1ccccc1)NC(=O)[C@H]1O[C@@H](O[C@H]2[C@H](O[C@H]3CC[C@]4(C)[C@H]5C(=O)C=C6[C@@H]7C[C@@](C)(C(=O)N[C@@H](Cc8ccccc8)C(=O)OC)CC[C@]7(C)CC[C@@]6(C)[C@]5(C)CC[C@H]4C3(C)C)O[C@H](C(=O)N[C@@H](Cc3ccccc3)C(=O)OC)[C@@H](O)[C@@H]2O)[C@H](O)[C@@H](O)[C@@H]1O. The number of rotatable bonds is 19. The Morgan fingerprint density at radius 2 is 1.01 bits per heavy atom. The number of carbonyl (C=O) groups excluding carboxylic acids is 7. The number of methoxy groups -OCH3 is 3. The molecule has 8 N–H and O–H groups in total. The van der Waals surface area contributed by atoms with Crippen LogP contribution in [0.25, 0.3) is 0 Å². The number of nitrogens with one attached hydrogen (secondary N) is 3. The summed E-state index contributed by atoms with van der Waals surface area (Å²) in [6, 6.07) is 23.5. The van der Waals surface area contributed by atoms with E-state index >= 15 is 4.79 Å². The number of benzene rings is 3. The Kier molecular flexibility index (Phi) is 20.6. The van der Waals surface area contributed by atoms with Gasteiger partial charge >= 0.3 is 17.9 Å². The molecule has 22 heteroatoms. The van der Waals surface area contributed by atoms with Crippen LogP contribution in [0, 0.1) is 50.2 Å². The molecule has 0 aromatic heterocycles. The van der Waals surface area contributed by atoms with E-state index in [1.165, 1.54) is 7.11 Å². The van der Waals surface area contributed by atoms with Crippen LogP contribution in [0.5, 0.6) is 0 Å². The van der Waals surface area contributed by atoms with Gasteiger partial charge in [-0.15, -0.1) is 0 Å². The van der Waals surface area contributed by atoms with Gasteiger partial charge in [0, 0.05) is 30.6 Å². The van der Waals surface area contributed by atoms with E-state index in [0.717, 1.165) is 44.6 Å². The summed E-state index contributed by atoms with van der Waals surface area (Å²) in [5.74, 6) is -5.24. The minimum atomic E-state index is -2.13. The number of hydrogen-bond donors (Lipinski definition) is 8. The van der Waals surface area contributed by atoms with Crippen molar-refractivity contribution in [1.29, 1.82) is 0 Å². The van der Waals surface area contributed by atoms with Crippen molar-refractivity contribution in [2.24, 2.45) is 50.2 Å². The van der Waals surface area contributed by atoms with Crippen LogP contribution >= 0.6 is 0 Å². The van der Waals surface area contributed by atoms with Gasteiger partial charge in [-0.2, -0.15) is 0 Å². The number of aliphatic hydroxyl groups excluding tert-OH is 5. The Morgan fingerprint density at radius 1 is 0.543 bits per heavy atom. The number of aliphatic hydroxyl groups is 5. The number of allylic oxidation sites excluding steroid dienone is 2. The van der Waals surface area contributed by atoms with Crippen molar-refractivity contribution in [3.63, 3.8) is 0 Å². The molecule has 7 aliphatic rings. The molecular weight excluding hydrogens is 1210 g/mol. The number of carbonyl (C=O) groups is 7. The van der Waals surface area contributed by atoms with Gasteiger partial charge in [-0.3, -0.25) is 19.2 Å². The second-order valence-corrected chi connectivity index (χ2v) is 29.4. The molecule has 512 valence electrons. The molecule has 22 atom stereocenters. The van der Waals surface area contributed by atoms with Crippen molar-refractivity contribution >= 4 is 41.4 Å². The monoisotopic (exact) mass is 1310 g/mol. The van der Waals surface area contributed by atoms with Gasteiger partial charge in [0.05, 0.1) is 27.4 Å². The third kappa shape index (κ3) is 13.2. The molecular formula is C72H95N3O19. The highest BCUT2D eigenvalue weighted by Gasteiger charge is 2.71. The van der Waals surface area contributed by atoms with Crippen LogP contribution in [0.3, 0.4) is 0 Å². The summed E-state index contributed by atoms with van der Waals surface area (Å²) in [4.78, 5) is 98.4. The first kappa shape index (κ1) is 70.3. The van der Waals surface area contributed by atoms with Crippen molar-refractivity contribution in [3.8, 4) is 0 Å². The second-order valence-electron chi connectivity index (χ2n) is 29.4. The lowest BCUT2D eigenvalue weighted by molar-refractivity contribution is -0.369. The number of amides is 3. The number of ketones is 1. The lowest BCUT2D eigenvalue weighted by Gasteiger charge is -2.70. The van der Waals surface area contributed by atoms with Crippen LogP contribution in [-0.4, -0.2) is 174 Å². The van der Waals surface area contributed by atoms with E-state index in [9.17, 15) is 54.3 Å². The third-order valence-electron chi connectivity index (χ3n) is 23.5. The van der Waals surface area contributed by atoms with E-state index in [2.05, 4.69) is 43.6 Å². The van der Waals surface area contributed by atoms with Crippen LogP contribution in [0.1, 0.15) is 123 Å². The highest BCUT2D eigenvalue weighted by molar-refractivity contribution is 5.96. The summed E-state index contributed by atoms with van der Waals surface area (Å²) >= 11 is 0. The average molecular weight is 1310 g/mol. The molecule has 5 aliphatic carbocycles. The summed E-state index contributed by atoms with van der Waals surface area (Å²) in [5.41, 5.74) is -0.176. The molecule has 2 heterocycles. The van der Waals surface area contributed by atoms with E-state index in [4.69, 9.17) is 33.2 Å². The minimum absolute atomic E-state index is 0.0217. The largest absolute Gasteiger partial charge is 0.467 e. The van der Waals surface area contributed by atoms with Gasteiger partial charge in [-0.25, -0.2) is 14.4 Å². The summed E-state index contributed by atoms with van der Waals surface area (Å²) in [5, 5.41) is 66.6. The molecule has 3 aromatic carbocycles. The van der Waals surface area contributed by atoms with E-state index < -0.39 is 148 Å². The maximum atomic E-state index is 15.6. The zero-order valence-electron chi connectivity index (χ0n) is 55.5. The normalized spacial score (nSPS) is 37.6. The molecule has 0 spiro atoms. The third-order valence-corrected chi connectivity index (χ3v) is 23.5. The topological polar surface area (TPSA) is 321 Å². The second kappa shape index (κ2) is 27.6. The van der Waals surface area contributed by atoms with Crippen LogP contribution in [-0.2, 0) is 86.0 Å². The predicted octanol–water partition coefficient (Wildman–Crippen LogP) is 4.69. The molecule has 0 bridgehead atoms. The molecule has 0 radical (unpaired) electrons. The van der Waals surface area contributed by atoms with E-state index in [-0.39, 0.29) is 48.2 Å². The van der Waals surface area contributed by atoms with Crippen LogP contribution < -0.4 is 16.0 Å². The first-order chi connectivity index (χ1) is 44.5. The van der Waals surface area contributed by atoms with E-state index in [1.54, 1.807) is 60.7 Å². The number of ether oxygens (including phenoxy) is 7. The molecule has 4 saturated carbocycles. The lowest BCUT2D eigenvalue weighted by atomic mass is 9.33. The van der Waals surface area contributed by atoms with Crippen molar-refractivity contribution in [2.75, 3.05) is 21.3 Å². The highest BCUT2D eigenvalue weighted by Crippen LogP contribution is 2.75. The van der Waals surface area contributed by atoms with E-state index in [1.807, 2.05) is 57.2 Å². The zero-order valence-corrected chi connectivity index (χ0v) is 55.5. The van der Waals surface area contributed by atoms with Gasteiger partial charge in [0.2, 0.25) is 5.91 Å². The van der Waals surface area contributed by atoms with Crippen molar-refractivity contribution in [3.05, 3.63) is 119 Å². The van der Waals surface area contributed by atoms with E-state index in [0.29, 0.717) is 49.7 Å². The fraction of sp³-hybridized carbons (Fsp3) is 0.625. The number of esters is 3. The quantitative estimate of drug-likeness (QED) is 0.0458.